The number of aromatic nitrogens is 2. The first-order valence-corrected chi connectivity index (χ1v) is 9.14. The maximum absolute atomic E-state index is 13.0. The fraction of sp³-hybridized carbons (Fsp3) is 0.273. The van der Waals surface area contributed by atoms with Crippen molar-refractivity contribution in [2.24, 2.45) is 5.41 Å². The van der Waals surface area contributed by atoms with Gasteiger partial charge in [0.1, 0.15) is 11.4 Å². The summed E-state index contributed by atoms with van der Waals surface area (Å²) in [5.74, 6) is 0.383. The monoisotopic (exact) mass is 361 g/mol. The second-order valence-corrected chi connectivity index (χ2v) is 7.82. The Bertz CT molecular complexity index is 962. The number of phenols is 1. The molecule has 0 aliphatic carbocycles. The highest BCUT2D eigenvalue weighted by Gasteiger charge is 2.42. The smallest absolute Gasteiger partial charge is 0.271 e. The van der Waals surface area contributed by atoms with Crippen molar-refractivity contribution in [1.82, 2.24) is 15.1 Å². The molecule has 1 aliphatic heterocycles. The number of phenolic OH excluding ortho intramolecular Hbond substituents is 1. The van der Waals surface area contributed by atoms with Crippen molar-refractivity contribution in [1.29, 1.82) is 0 Å². The van der Waals surface area contributed by atoms with E-state index in [4.69, 9.17) is 0 Å². The van der Waals surface area contributed by atoms with E-state index in [0.29, 0.717) is 36.0 Å². The molecule has 27 heavy (non-hydrogen) atoms. The molecule has 0 saturated carbocycles. The van der Waals surface area contributed by atoms with Crippen LogP contribution in [0.15, 0.2) is 60.7 Å². The molecule has 138 valence electrons. The summed E-state index contributed by atoms with van der Waals surface area (Å²) in [5, 5.41) is 17.1. The van der Waals surface area contributed by atoms with Crippen molar-refractivity contribution < 1.29 is 9.90 Å². The average Bonchev–Trinajstić information content (AvgIpc) is 3.26. The summed E-state index contributed by atoms with van der Waals surface area (Å²) < 4.78 is 0. The molecule has 1 aromatic heterocycles. The minimum absolute atomic E-state index is 0.00242. The molecular weight excluding hydrogens is 338 g/mol. The van der Waals surface area contributed by atoms with E-state index in [-0.39, 0.29) is 17.1 Å². The minimum atomic E-state index is -0.0596. The summed E-state index contributed by atoms with van der Waals surface area (Å²) in [7, 11) is 0. The van der Waals surface area contributed by atoms with Crippen LogP contribution in [0.1, 0.15) is 35.8 Å². The minimum Gasteiger partial charge on any atom is -0.507 e. The maximum atomic E-state index is 13.0. The molecule has 3 aromatic rings. The lowest BCUT2D eigenvalue weighted by molar-refractivity contribution is 0.0772. The predicted molar refractivity (Wildman–Crippen MR) is 105 cm³/mol. The molecule has 2 aromatic carbocycles. The average molecular weight is 361 g/mol. The van der Waals surface area contributed by atoms with Gasteiger partial charge in [-0.1, -0.05) is 56.3 Å². The molecule has 1 atom stereocenters. The summed E-state index contributed by atoms with van der Waals surface area (Å²) in [6.45, 7) is 5.79. The number of nitrogens with zero attached hydrogens (tertiary/aromatic N) is 2. The van der Waals surface area contributed by atoms with Gasteiger partial charge in [0.15, 0.2) is 0 Å². The van der Waals surface area contributed by atoms with Gasteiger partial charge < -0.3 is 10.0 Å². The first-order chi connectivity index (χ1) is 13.0. The van der Waals surface area contributed by atoms with Gasteiger partial charge in [-0.05, 0) is 29.2 Å². The Labute approximate surface area is 158 Å². The zero-order valence-corrected chi connectivity index (χ0v) is 15.5. The molecule has 1 fully saturated rings. The normalized spacial score (nSPS) is 18.6. The third-order valence-electron chi connectivity index (χ3n) is 5.42. The topological polar surface area (TPSA) is 69.2 Å². The Hall–Kier alpha value is -3.08. The molecule has 0 bridgehead atoms. The van der Waals surface area contributed by atoms with Crippen LogP contribution in [0, 0.1) is 5.41 Å². The van der Waals surface area contributed by atoms with Crippen LogP contribution < -0.4 is 0 Å². The summed E-state index contributed by atoms with van der Waals surface area (Å²) in [6, 6.07) is 19.1. The molecule has 1 saturated heterocycles. The molecule has 0 unspecified atom stereocenters. The lowest BCUT2D eigenvalue weighted by Gasteiger charge is -2.25. The Kier molecular flexibility index (Phi) is 4.22. The lowest BCUT2D eigenvalue weighted by atomic mass is 9.78. The van der Waals surface area contributed by atoms with Gasteiger partial charge in [-0.3, -0.25) is 9.89 Å². The number of hydrogen-bond acceptors (Lipinski definition) is 3. The van der Waals surface area contributed by atoms with Gasteiger partial charge in [0.05, 0.1) is 5.69 Å². The molecular formula is C22H23N3O2. The van der Waals surface area contributed by atoms with E-state index in [1.807, 2.05) is 29.2 Å². The highest BCUT2D eigenvalue weighted by molar-refractivity contribution is 5.94. The van der Waals surface area contributed by atoms with Crippen molar-refractivity contribution >= 4 is 5.91 Å². The second-order valence-electron chi connectivity index (χ2n) is 7.82. The quantitative estimate of drug-likeness (QED) is 0.739. The number of amides is 1. The zero-order chi connectivity index (χ0) is 19.0. The third kappa shape index (κ3) is 3.21. The summed E-state index contributed by atoms with van der Waals surface area (Å²) in [4.78, 5) is 14.9. The van der Waals surface area contributed by atoms with Crippen molar-refractivity contribution in [3.05, 3.63) is 71.9 Å². The number of nitrogens with one attached hydrogen (secondary N) is 1. The van der Waals surface area contributed by atoms with E-state index >= 15 is 0 Å². The molecule has 4 rings (SSSR count). The van der Waals surface area contributed by atoms with E-state index in [1.54, 1.807) is 24.3 Å². The highest BCUT2D eigenvalue weighted by atomic mass is 16.3. The van der Waals surface area contributed by atoms with Crippen LogP contribution in [0.3, 0.4) is 0 Å². The molecule has 2 N–H and O–H groups in total. The zero-order valence-electron chi connectivity index (χ0n) is 15.5. The van der Waals surface area contributed by atoms with Gasteiger partial charge in [-0.2, -0.15) is 5.10 Å². The molecule has 5 heteroatoms. The number of H-pyrrole nitrogens is 1. The molecule has 2 heterocycles. The summed E-state index contributed by atoms with van der Waals surface area (Å²) in [6.07, 6.45) is 0. The van der Waals surface area contributed by atoms with Crippen molar-refractivity contribution in [2.75, 3.05) is 13.1 Å². The van der Waals surface area contributed by atoms with E-state index in [2.05, 4.69) is 36.2 Å². The van der Waals surface area contributed by atoms with Crippen molar-refractivity contribution in [2.45, 2.75) is 19.8 Å². The molecule has 1 amide bonds. The van der Waals surface area contributed by atoms with Gasteiger partial charge in [0, 0.05) is 24.6 Å². The van der Waals surface area contributed by atoms with Crippen LogP contribution in [0.5, 0.6) is 5.75 Å². The number of carbonyl (C=O) groups is 1. The van der Waals surface area contributed by atoms with Crippen LogP contribution in [-0.4, -0.2) is 39.2 Å². The number of para-hydroxylation sites is 1. The number of likely N-dealkylation sites (tertiary alicyclic amines) is 1. The molecule has 0 spiro atoms. The molecule has 1 aliphatic rings. The van der Waals surface area contributed by atoms with Crippen molar-refractivity contribution in [3.8, 4) is 17.0 Å². The van der Waals surface area contributed by atoms with Gasteiger partial charge in [0.25, 0.3) is 5.91 Å². The molecule has 5 nitrogen and oxygen atoms in total. The van der Waals surface area contributed by atoms with Gasteiger partial charge in [0.2, 0.25) is 0 Å². The predicted octanol–water partition coefficient (Wildman–Crippen LogP) is 4.05. The fourth-order valence-electron chi connectivity index (χ4n) is 3.96. The second kappa shape index (κ2) is 6.58. The largest absolute Gasteiger partial charge is 0.507 e. The number of carbonyl (C=O) groups excluding carboxylic acids is 1. The standard InChI is InChI=1S/C22H23N3O2/c1-22(2)14-25(13-17(22)15-8-4-3-5-9-15)21(27)19-12-18(23-24-19)16-10-6-7-11-20(16)26/h3-12,17,26H,13-14H2,1-2H3,(H,23,24)/t17-/m1/s1. The first-order valence-electron chi connectivity index (χ1n) is 9.14. The Morgan fingerprint density at radius 2 is 1.85 bits per heavy atom. The van der Waals surface area contributed by atoms with E-state index in [9.17, 15) is 9.90 Å². The van der Waals surface area contributed by atoms with Crippen LogP contribution in [0.2, 0.25) is 0 Å². The van der Waals surface area contributed by atoms with Crippen LogP contribution in [-0.2, 0) is 0 Å². The maximum Gasteiger partial charge on any atom is 0.271 e. The SMILES string of the molecule is CC1(C)CN(C(=O)c2cc(-c3ccccc3O)n[nH]2)C[C@@H]1c1ccccc1. The van der Waals surface area contributed by atoms with Gasteiger partial charge in [-0.25, -0.2) is 0 Å². The first kappa shape index (κ1) is 17.3. The number of benzene rings is 2. The Morgan fingerprint density at radius 1 is 1.15 bits per heavy atom. The summed E-state index contributed by atoms with van der Waals surface area (Å²) >= 11 is 0. The fourth-order valence-corrected chi connectivity index (χ4v) is 3.96. The van der Waals surface area contributed by atoms with Crippen LogP contribution >= 0.6 is 0 Å². The van der Waals surface area contributed by atoms with Gasteiger partial charge in [-0.15, -0.1) is 0 Å². The molecule has 0 radical (unpaired) electrons. The van der Waals surface area contributed by atoms with E-state index in [1.165, 1.54) is 5.56 Å². The van der Waals surface area contributed by atoms with E-state index in [0.717, 1.165) is 0 Å². The third-order valence-corrected chi connectivity index (χ3v) is 5.42. The Morgan fingerprint density at radius 3 is 2.59 bits per heavy atom. The van der Waals surface area contributed by atoms with Crippen LogP contribution in [0.25, 0.3) is 11.3 Å². The highest BCUT2D eigenvalue weighted by Crippen LogP contribution is 2.42. The van der Waals surface area contributed by atoms with Gasteiger partial charge >= 0.3 is 0 Å². The van der Waals surface area contributed by atoms with Crippen molar-refractivity contribution in [3.63, 3.8) is 0 Å². The van der Waals surface area contributed by atoms with E-state index < -0.39 is 0 Å². The number of rotatable bonds is 3. The lowest BCUT2D eigenvalue weighted by Crippen LogP contribution is -2.30. The number of aromatic hydroxyl groups is 1. The summed E-state index contributed by atoms with van der Waals surface area (Å²) in [5.41, 5.74) is 2.87. The Balaban J connectivity index is 1.57. The number of hydrogen-bond donors (Lipinski definition) is 2. The number of aromatic amines is 1. The van der Waals surface area contributed by atoms with Crippen LogP contribution in [0.4, 0.5) is 0 Å².